The minimum absolute atomic E-state index is 0.185. The van der Waals surface area contributed by atoms with Crippen LogP contribution in [-0.4, -0.2) is 21.5 Å². The SMILES string of the molecule is O=C(Cn1c(-c2ccc(Cl)cc2)c[nH]c1=O)C(F)(F)F. The molecule has 0 amide bonds. The molecule has 0 radical (unpaired) electrons. The first-order chi connectivity index (χ1) is 9.29. The Morgan fingerprint density at radius 1 is 1.25 bits per heavy atom. The van der Waals surface area contributed by atoms with Crippen LogP contribution in [0.3, 0.4) is 0 Å². The Balaban J connectivity index is 2.40. The summed E-state index contributed by atoms with van der Waals surface area (Å²) in [5, 5.41) is 0.449. The Bertz CT molecular complexity index is 686. The maximum atomic E-state index is 12.3. The highest BCUT2D eigenvalue weighted by atomic mass is 35.5. The Morgan fingerprint density at radius 2 is 1.85 bits per heavy atom. The van der Waals surface area contributed by atoms with Gasteiger partial charge in [0.1, 0.15) is 0 Å². The van der Waals surface area contributed by atoms with Crippen LogP contribution in [0.5, 0.6) is 0 Å². The van der Waals surface area contributed by atoms with Gasteiger partial charge in [-0.05, 0) is 17.7 Å². The summed E-state index contributed by atoms with van der Waals surface area (Å²) in [6.07, 6.45) is -3.73. The molecule has 0 aliphatic heterocycles. The minimum atomic E-state index is -4.98. The second-order valence-corrected chi connectivity index (χ2v) is 4.43. The number of hydrogen-bond donors (Lipinski definition) is 1. The first kappa shape index (κ1) is 14.4. The van der Waals surface area contributed by atoms with Gasteiger partial charge in [-0.15, -0.1) is 0 Å². The number of nitrogens with one attached hydrogen (secondary N) is 1. The number of benzene rings is 1. The largest absolute Gasteiger partial charge is 0.451 e. The highest BCUT2D eigenvalue weighted by Crippen LogP contribution is 2.22. The molecule has 1 heterocycles. The van der Waals surface area contributed by atoms with Crippen LogP contribution in [0, 0.1) is 0 Å². The number of halogens is 4. The third kappa shape index (κ3) is 2.93. The maximum absolute atomic E-state index is 12.3. The third-order valence-electron chi connectivity index (χ3n) is 2.63. The number of aromatic nitrogens is 2. The van der Waals surface area contributed by atoms with E-state index in [0.717, 1.165) is 4.57 Å². The van der Waals surface area contributed by atoms with Crippen molar-refractivity contribution >= 4 is 17.4 Å². The van der Waals surface area contributed by atoms with Crippen molar-refractivity contribution in [2.45, 2.75) is 12.7 Å². The number of H-pyrrole nitrogens is 1. The van der Waals surface area contributed by atoms with Gasteiger partial charge >= 0.3 is 11.9 Å². The van der Waals surface area contributed by atoms with Crippen LogP contribution >= 0.6 is 11.6 Å². The van der Waals surface area contributed by atoms with Crippen LogP contribution in [0.25, 0.3) is 11.3 Å². The molecule has 1 aromatic carbocycles. The summed E-state index contributed by atoms with van der Waals surface area (Å²) in [6, 6.07) is 6.15. The highest BCUT2D eigenvalue weighted by Gasteiger charge is 2.38. The second kappa shape index (κ2) is 5.16. The van der Waals surface area contributed by atoms with Crippen molar-refractivity contribution in [1.29, 1.82) is 0 Å². The van der Waals surface area contributed by atoms with Gasteiger partial charge in [-0.2, -0.15) is 13.2 Å². The molecule has 0 fully saturated rings. The maximum Gasteiger partial charge on any atom is 0.451 e. The van der Waals surface area contributed by atoms with Crippen molar-refractivity contribution < 1.29 is 18.0 Å². The summed E-state index contributed by atoms with van der Waals surface area (Å²) in [4.78, 5) is 24.8. The zero-order chi connectivity index (χ0) is 14.9. The van der Waals surface area contributed by atoms with Gasteiger partial charge in [-0.25, -0.2) is 4.79 Å². The minimum Gasteiger partial charge on any atom is -0.312 e. The molecule has 0 aliphatic rings. The smallest absolute Gasteiger partial charge is 0.312 e. The first-order valence-corrected chi connectivity index (χ1v) is 5.81. The molecule has 20 heavy (non-hydrogen) atoms. The summed E-state index contributed by atoms with van der Waals surface area (Å²) >= 11 is 5.71. The van der Waals surface area contributed by atoms with Gasteiger partial charge in [0.05, 0.1) is 12.2 Å². The number of alkyl halides is 3. The van der Waals surface area contributed by atoms with Gasteiger partial charge in [-0.1, -0.05) is 23.7 Å². The van der Waals surface area contributed by atoms with Crippen molar-refractivity contribution in [2.24, 2.45) is 0 Å². The number of rotatable bonds is 3. The molecular formula is C12H8ClF3N2O2. The monoisotopic (exact) mass is 304 g/mol. The van der Waals surface area contributed by atoms with Gasteiger partial charge in [0.2, 0.25) is 0 Å². The van der Waals surface area contributed by atoms with Crippen molar-refractivity contribution in [3.8, 4) is 11.3 Å². The van der Waals surface area contributed by atoms with E-state index in [4.69, 9.17) is 11.6 Å². The van der Waals surface area contributed by atoms with E-state index in [2.05, 4.69) is 4.98 Å². The molecule has 2 aromatic rings. The van der Waals surface area contributed by atoms with E-state index in [9.17, 15) is 22.8 Å². The molecular weight excluding hydrogens is 297 g/mol. The number of nitrogens with zero attached hydrogens (tertiary/aromatic N) is 1. The number of carbonyl (C=O) groups excluding carboxylic acids is 1. The van der Waals surface area contributed by atoms with Gasteiger partial charge in [0, 0.05) is 11.2 Å². The average Bonchev–Trinajstić information content (AvgIpc) is 2.71. The molecule has 1 aromatic heterocycles. The van der Waals surface area contributed by atoms with Crippen LogP contribution in [-0.2, 0) is 11.3 Å². The van der Waals surface area contributed by atoms with Gasteiger partial charge in [0.25, 0.3) is 5.78 Å². The topological polar surface area (TPSA) is 54.9 Å². The summed E-state index contributed by atoms with van der Waals surface area (Å²) in [7, 11) is 0. The number of carbonyl (C=O) groups is 1. The van der Waals surface area contributed by atoms with Crippen LogP contribution in [0.4, 0.5) is 13.2 Å². The number of imidazole rings is 1. The predicted molar refractivity (Wildman–Crippen MR) is 66.6 cm³/mol. The van der Waals surface area contributed by atoms with Crippen LogP contribution in [0.15, 0.2) is 35.3 Å². The molecule has 8 heteroatoms. The molecule has 0 unspecified atom stereocenters. The van der Waals surface area contributed by atoms with Crippen molar-refractivity contribution in [2.75, 3.05) is 0 Å². The Morgan fingerprint density at radius 3 is 2.40 bits per heavy atom. The van der Waals surface area contributed by atoms with E-state index < -0.39 is 24.2 Å². The fraction of sp³-hybridized carbons (Fsp3) is 0.167. The molecule has 0 bridgehead atoms. The molecule has 0 atom stereocenters. The third-order valence-corrected chi connectivity index (χ3v) is 2.88. The normalized spacial score (nSPS) is 11.6. The first-order valence-electron chi connectivity index (χ1n) is 5.43. The summed E-state index contributed by atoms with van der Waals surface area (Å²) < 4.78 is 37.5. The average molecular weight is 305 g/mol. The molecule has 0 saturated heterocycles. The molecule has 1 N–H and O–H groups in total. The van der Waals surface area contributed by atoms with Crippen LogP contribution in [0.1, 0.15) is 0 Å². The lowest BCUT2D eigenvalue weighted by Crippen LogP contribution is -2.31. The Kier molecular flexibility index (Phi) is 3.71. The van der Waals surface area contributed by atoms with Gasteiger partial charge in [-0.3, -0.25) is 9.36 Å². The number of hydrogen-bond acceptors (Lipinski definition) is 2. The lowest BCUT2D eigenvalue weighted by Gasteiger charge is -2.08. The molecule has 106 valence electrons. The summed E-state index contributed by atoms with van der Waals surface area (Å²) in [5.74, 6) is -1.99. The fourth-order valence-electron chi connectivity index (χ4n) is 1.65. The van der Waals surface area contributed by atoms with Crippen LogP contribution < -0.4 is 5.69 Å². The van der Waals surface area contributed by atoms with E-state index in [1.54, 1.807) is 12.1 Å². The summed E-state index contributed by atoms with van der Waals surface area (Å²) in [5.41, 5.74) is -0.125. The zero-order valence-electron chi connectivity index (χ0n) is 9.87. The number of Topliss-reactive ketones (excluding diaryl/α,β-unsaturated/α-hetero) is 1. The number of ketones is 1. The van der Waals surface area contributed by atoms with E-state index in [1.165, 1.54) is 18.3 Å². The Labute approximate surface area is 115 Å². The summed E-state index contributed by atoms with van der Waals surface area (Å²) in [6.45, 7) is -1.07. The number of aromatic amines is 1. The van der Waals surface area contributed by atoms with Crippen LogP contribution in [0.2, 0.25) is 5.02 Å². The zero-order valence-corrected chi connectivity index (χ0v) is 10.6. The van der Waals surface area contributed by atoms with Crippen molar-refractivity contribution in [3.63, 3.8) is 0 Å². The quantitative estimate of drug-likeness (QED) is 0.947. The lowest BCUT2D eigenvalue weighted by molar-refractivity contribution is -0.171. The molecule has 0 spiro atoms. The Hall–Kier alpha value is -2.02. The predicted octanol–water partition coefficient (Wildman–Crippen LogP) is 2.63. The van der Waals surface area contributed by atoms with Crippen molar-refractivity contribution in [1.82, 2.24) is 9.55 Å². The van der Waals surface area contributed by atoms with Gasteiger partial charge < -0.3 is 4.98 Å². The molecule has 0 saturated carbocycles. The van der Waals surface area contributed by atoms with E-state index in [1.807, 2.05) is 0 Å². The van der Waals surface area contributed by atoms with Crippen molar-refractivity contribution in [3.05, 3.63) is 46.0 Å². The van der Waals surface area contributed by atoms with E-state index >= 15 is 0 Å². The molecule has 0 aliphatic carbocycles. The van der Waals surface area contributed by atoms with E-state index in [0.29, 0.717) is 10.6 Å². The second-order valence-electron chi connectivity index (χ2n) is 3.99. The highest BCUT2D eigenvalue weighted by molar-refractivity contribution is 6.30. The van der Waals surface area contributed by atoms with E-state index in [-0.39, 0.29) is 5.69 Å². The molecule has 4 nitrogen and oxygen atoms in total. The standard InChI is InChI=1S/C12H8ClF3N2O2/c13-8-3-1-7(2-4-8)9-5-17-11(20)18(9)6-10(19)12(14,15)16/h1-5H,6H2,(H,17,20). The fourth-order valence-corrected chi connectivity index (χ4v) is 1.77. The lowest BCUT2D eigenvalue weighted by atomic mass is 10.1. The molecule has 2 rings (SSSR count). The van der Waals surface area contributed by atoms with Gasteiger partial charge in [0.15, 0.2) is 0 Å².